The van der Waals surface area contributed by atoms with Gasteiger partial charge in [0.05, 0.1) is 29.6 Å². The third kappa shape index (κ3) is 2.70. The van der Waals surface area contributed by atoms with Crippen molar-refractivity contribution in [2.75, 3.05) is 24.3 Å². The van der Waals surface area contributed by atoms with Gasteiger partial charge in [-0.05, 0) is 13.5 Å². The first kappa shape index (κ1) is 14.2. The average molecular weight is 310 g/mol. The van der Waals surface area contributed by atoms with Crippen molar-refractivity contribution in [1.29, 1.82) is 0 Å². The highest BCUT2D eigenvalue weighted by atomic mass is 32.2. The largest absolute Gasteiger partial charge is 0.383 e. The lowest BCUT2D eigenvalue weighted by Gasteiger charge is -2.22. The smallest absolute Gasteiger partial charge is 0.163 e. The molecule has 3 rings (SSSR count). The predicted molar refractivity (Wildman–Crippen MR) is 79.2 cm³/mol. The van der Waals surface area contributed by atoms with Gasteiger partial charge in [-0.3, -0.25) is 9.58 Å². The van der Waals surface area contributed by atoms with Crippen LogP contribution in [0, 0.1) is 0 Å². The van der Waals surface area contributed by atoms with E-state index < -0.39 is 9.84 Å². The lowest BCUT2D eigenvalue weighted by Crippen LogP contribution is -2.32. The van der Waals surface area contributed by atoms with Crippen LogP contribution in [0.4, 0.5) is 5.82 Å². The van der Waals surface area contributed by atoms with Crippen LogP contribution in [0.25, 0.3) is 11.0 Å². The van der Waals surface area contributed by atoms with Gasteiger partial charge in [0, 0.05) is 13.1 Å². The van der Waals surface area contributed by atoms with Gasteiger partial charge in [-0.1, -0.05) is 0 Å². The Bertz CT molecular complexity index is 784. The molecule has 2 aromatic rings. The third-order valence-corrected chi connectivity index (χ3v) is 5.64. The maximum Gasteiger partial charge on any atom is 0.163 e. The molecule has 21 heavy (non-hydrogen) atoms. The lowest BCUT2D eigenvalue weighted by molar-refractivity contribution is 0.248. The van der Waals surface area contributed by atoms with Crippen molar-refractivity contribution < 1.29 is 8.42 Å². The average Bonchev–Trinajstić information content (AvgIpc) is 2.94. The molecule has 0 aliphatic carbocycles. The molecule has 0 saturated carbocycles. The zero-order valence-electron chi connectivity index (χ0n) is 12.0. The minimum Gasteiger partial charge on any atom is -0.383 e. The summed E-state index contributed by atoms with van der Waals surface area (Å²) in [6.07, 6.45) is 2.30. The van der Waals surface area contributed by atoms with Gasteiger partial charge in [0.2, 0.25) is 0 Å². The predicted octanol–water partition coefficient (Wildman–Crippen LogP) is -0.436. The highest BCUT2D eigenvalue weighted by Crippen LogP contribution is 2.20. The van der Waals surface area contributed by atoms with Crippen molar-refractivity contribution in [3.63, 3.8) is 0 Å². The highest BCUT2D eigenvalue weighted by molar-refractivity contribution is 7.91. The van der Waals surface area contributed by atoms with Gasteiger partial charge in [0.1, 0.15) is 11.6 Å². The van der Waals surface area contributed by atoms with E-state index in [4.69, 9.17) is 5.73 Å². The minimum atomic E-state index is -2.89. The summed E-state index contributed by atoms with van der Waals surface area (Å²) >= 11 is 0. The van der Waals surface area contributed by atoms with E-state index in [0.29, 0.717) is 30.3 Å². The number of nitrogen functional groups attached to an aromatic ring is 1. The molecule has 2 aromatic heterocycles. The standard InChI is InChI=1S/C12H18N6O2S/c1-17(8-3-4-21(19,20)7-8)6-10-15-11(13)9-5-14-18(2)12(9)16-10/h5,8H,3-4,6-7H2,1-2H3,(H2,13,15,16). The molecule has 8 nitrogen and oxygen atoms in total. The van der Waals surface area contributed by atoms with Gasteiger partial charge >= 0.3 is 0 Å². The molecule has 2 N–H and O–H groups in total. The van der Waals surface area contributed by atoms with E-state index in [2.05, 4.69) is 15.1 Å². The topological polar surface area (TPSA) is 107 Å². The molecule has 1 saturated heterocycles. The number of fused-ring (bicyclic) bond motifs is 1. The van der Waals surface area contributed by atoms with Crippen molar-refractivity contribution in [1.82, 2.24) is 24.6 Å². The van der Waals surface area contributed by atoms with Crippen LogP contribution in [0.15, 0.2) is 6.20 Å². The summed E-state index contributed by atoms with van der Waals surface area (Å²) < 4.78 is 24.7. The maximum atomic E-state index is 11.5. The second kappa shape index (κ2) is 4.92. The van der Waals surface area contributed by atoms with Crippen molar-refractivity contribution in [2.24, 2.45) is 7.05 Å². The number of anilines is 1. The first-order valence-electron chi connectivity index (χ1n) is 6.70. The first-order valence-corrected chi connectivity index (χ1v) is 8.52. The summed E-state index contributed by atoms with van der Waals surface area (Å²) in [6, 6.07) is 0.0158. The highest BCUT2D eigenvalue weighted by Gasteiger charge is 2.30. The molecule has 0 bridgehead atoms. The fourth-order valence-corrected chi connectivity index (χ4v) is 4.44. The third-order valence-electron chi connectivity index (χ3n) is 3.89. The number of nitrogens with two attached hydrogens (primary N) is 1. The summed E-state index contributed by atoms with van der Waals surface area (Å²) in [5, 5.41) is 4.84. The SMILES string of the molecule is CN(Cc1nc(N)c2cnn(C)c2n1)C1CCS(=O)(=O)C1. The molecule has 0 aromatic carbocycles. The number of hydrogen-bond acceptors (Lipinski definition) is 7. The van der Waals surface area contributed by atoms with Crippen molar-refractivity contribution in [2.45, 2.75) is 19.0 Å². The molecule has 1 atom stereocenters. The monoisotopic (exact) mass is 310 g/mol. The molecular formula is C12H18N6O2S. The Morgan fingerprint density at radius 2 is 2.24 bits per heavy atom. The Labute approximate surface area is 122 Å². The van der Waals surface area contributed by atoms with Crippen molar-refractivity contribution >= 4 is 26.7 Å². The lowest BCUT2D eigenvalue weighted by atomic mass is 10.2. The van der Waals surface area contributed by atoms with E-state index in [1.807, 2.05) is 11.9 Å². The van der Waals surface area contributed by atoms with Crippen LogP contribution in [0.5, 0.6) is 0 Å². The maximum absolute atomic E-state index is 11.5. The molecule has 0 spiro atoms. The molecule has 1 aliphatic heterocycles. The van der Waals surface area contributed by atoms with Crippen molar-refractivity contribution in [3.05, 3.63) is 12.0 Å². The molecule has 1 fully saturated rings. The van der Waals surface area contributed by atoms with Gasteiger partial charge in [-0.25, -0.2) is 18.4 Å². The zero-order valence-corrected chi connectivity index (χ0v) is 12.8. The Morgan fingerprint density at radius 3 is 2.90 bits per heavy atom. The zero-order chi connectivity index (χ0) is 15.2. The van der Waals surface area contributed by atoms with E-state index in [9.17, 15) is 8.42 Å². The van der Waals surface area contributed by atoms with Gasteiger partial charge < -0.3 is 5.73 Å². The van der Waals surface area contributed by atoms with E-state index in [0.717, 1.165) is 5.39 Å². The number of aromatic nitrogens is 4. The molecule has 3 heterocycles. The van der Waals surface area contributed by atoms with Crippen LogP contribution in [0.2, 0.25) is 0 Å². The summed E-state index contributed by atoms with van der Waals surface area (Å²) in [5.74, 6) is 1.43. The Balaban J connectivity index is 1.83. The van der Waals surface area contributed by atoms with Crippen LogP contribution < -0.4 is 5.73 Å². The molecule has 1 unspecified atom stereocenters. The Kier molecular flexibility index (Phi) is 3.33. The number of aryl methyl sites for hydroxylation is 1. The fraction of sp³-hybridized carbons (Fsp3) is 0.583. The normalized spacial score (nSPS) is 21.4. The van der Waals surface area contributed by atoms with E-state index in [-0.39, 0.29) is 17.5 Å². The molecule has 0 amide bonds. The first-order chi connectivity index (χ1) is 9.85. The number of nitrogens with zero attached hydrogens (tertiary/aromatic N) is 5. The summed E-state index contributed by atoms with van der Waals surface area (Å²) in [7, 11) is 0.790. The second-order valence-electron chi connectivity index (χ2n) is 5.50. The molecule has 114 valence electrons. The number of sulfone groups is 1. The summed E-state index contributed by atoms with van der Waals surface area (Å²) in [6.45, 7) is 0.464. The van der Waals surface area contributed by atoms with Crippen LogP contribution in [-0.4, -0.2) is 57.7 Å². The van der Waals surface area contributed by atoms with E-state index >= 15 is 0 Å². The number of rotatable bonds is 3. The van der Waals surface area contributed by atoms with Crippen molar-refractivity contribution in [3.8, 4) is 0 Å². The van der Waals surface area contributed by atoms with Gasteiger partial charge in [-0.15, -0.1) is 0 Å². The fourth-order valence-electron chi connectivity index (χ4n) is 2.64. The Hall–Kier alpha value is -1.74. The van der Waals surface area contributed by atoms with E-state index in [1.54, 1.807) is 17.9 Å². The summed E-state index contributed by atoms with van der Waals surface area (Å²) in [4.78, 5) is 10.7. The Morgan fingerprint density at radius 1 is 1.48 bits per heavy atom. The van der Waals surface area contributed by atoms with Crippen LogP contribution >= 0.6 is 0 Å². The van der Waals surface area contributed by atoms with Crippen LogP contribution in [0.3, 0.4) is 0 Å². The second-order valence-corrected chi connectivity index (χ2v) is 7.73. The molecule has 9 heteroatoms. The van der Waals surface area contributed by atoms with Gasteiger partial charge in [0.25, 0.3) is 0 Å². The van der Waals surface area contributed by atoms with E-state index in [1.165, 1.54) is 0 Å². The van der Waals surface area contributed by atoms with Crippen LogP contribution in [0.1, 0.15) is 12.2 Å². The molecular weight excluding hydrogens is 292 g/mol. The minimum absolute atomic E-state index is 0.0158. The molecule has 0 radical (unpaired) electrons. The van der Waals surface area contributed by atoms with Gasteiger partial charge in [-0.2, -0.15) is 5.10 Å². The summed E-state index contributed by atoms with van der Waals surface area (Å²) in [5.41, 5.74) is 6.61. The molecule has 1 aliphatic rings. The van der Waals surface area contributed by atoms with Gasteiger partial charge in [0.15, 0.2) is 15.5 Å². The van der Waals surface area contributed by atoms with Crippen LogP contribution in [-0.2, 0) is 23.4 Å². The quantitative estimate of drug-likeness (QED) is 0.819. The number of hydrogen-bond donors (Lipinski definition) is 1.